The van der Waals surface area contributed by atoms with E-state index in [1.807, 2.05) is 48.0 Å². The van der Waals surface area contributed by atoms with Gasteiger partial charge in [0.05, 0.1) is 62.2 Å². The second kappa shape index (κ2) is 14.1. The molecular formula is C29H34F3IN2O7P2. The van der Waals surface area contributed by atoms with Crippen molar-refractivity contribution < 1.29 is 46.6 Å². The number of methoxy groups -OCH3 is 2. The van der Waals surface area contributed by atoms with Crippen LogP contribution in [0.5, 0.6) is 11.5 Å². The largest absolute Gasteiger partial charge is 0.496 e. The molecule has 1 heterocycles. The predicted octanol–water partition coefficient (Wildman–Crippen LogP) is 5.43. The van der Waals surface area contributed by atoms with E-state index in [9.17, 15) is 23.2 Å². The molecule has 4 rings (SSSR count). The van der Waals surface area contributed by atoms with Crippen LogP contribution >= 0.6 is 41.1 Å². The van der Waals surface area contributed by atoms with Gasteiger partial charge in [0.25, 0.3) is 11.8 Å². The lowest BCUT2D eigenvalue weighted by Gasteiger charge is -2.35. The molecule has 0 aromatic heterocycles. The number of carbonyl (C=O) groups excluding carboxylic acids is 3. The van der Waals surface area contributed by atoms with Gasteiger partial charge in [-0.1, -0.05) is 23.0 Å². The number of hydrogen-bond donors (Lipinski definition) is 1. The van der Waals surface area contributed by atoms with Gasteiger partial charge in [-0.05, 0) is 79.5 Å². The Bertz CT molecular complexity index is 1420. The van der Waals surface area contributed by atoms with E-state index in [2.05, 4.69) is 5.32 Å². The van der Waals surface area contributed by atoms with Crippen LogP contribution in [0, 0.1) is 20.7 Å². The van der Waals surface area contributed by atoms with Crippen LogP contribution in [0.1, 0.15) is 48.5 Å². The van der Waals surface area contributed by atoms with Gasteiger partial charge in [-0.2, -0.15) is 0 Å². The first kappa shape index (κ1) is 34.7. The summed E-state index contributed by atoms with van der Waals surface area (Å²) in [5.41, 5.74) is -0.725. The van der Waals surface area contributed by atoms with Gasteiger partial charge in [0.15, 0.2) is 16.7 Å². The zero-order valence-corrected chi connectivity index (χ0v) is 28.8. The Labute approximate surface area is 271 Å². The number of hydrogen-bond acceptors (Lipinski definition) is 7. The summed E-state index contributed by atoms with van der Waals surface area (Å²) < 4.78 is 66.9. The second-order valence-corrected chi connectivity index (χ2v) is 14.6. The zero-order chi connectivity index (χ0) is 32.4. The third-order valence-corrected chi connectivity index (χ3v) is 9.57. The Hall–Kier alpha value is -2.21. The van der Waals surface area contributed by atoms with Crippen LogP contribution in [0.25, 0.3) is 0 Å². The van der Waals surface area contributed by atoms with Gasteiger partial charge in [0.2, 0.25) is 0 Å². The van der Waals surface area contributed by atoms with Gasteiger partial charge in [0, 0.05) is 15.2 Å². The molecule has 240 valence electrons. The molecule has 2 aliphatic rings. The summed E-state index contributed by atoms with van der Waals surface area (Å²) in [7, 11) is 6.62. The van der Waals surface area contributed by atoms with Crippen molar-refractivity contribution in [2.45, 2.75) is 49.9 Å². The van der Waals surface area contributed by atoms with Gasteiger partial charge < -0.3 is 24.3 Å². The lowest BCUT2D eigenvalue weighted by Crippen LogP contribution is -2.46. The number of benzene rings is 2. The first-order valence-corrected chi connectivity index (χ1v) is 16.0. The van der Waals surface area contributed by atoms with E-state index < -0.39 is 46.3 Å². The lowest BCUT2D eigenvalue weighted by molar-refractivity contribution is -0.154. The first-order valence-electron chi connectivity index (χ1n) is 13.8. The molecule has 0 spiro atoms. The zero-order valence-electron chi connectivity index (χ0n) is 24.3. The fourth-order valence-electron chi connectivity index (χ4n) is 5.34. The third kappa shape index (κ3) is 7.59. The highest BCUT2D eigenvalue weighted by Crippen LogP contribution is 2.44. The van der Waals surface area contributed by atoms with Crippen LogP contribution < -0.4 is 19.9 Å². The molecule has 2 aromatic carbocycles. The SMILES string of the molecule is COc1cc(F)c(O[C@H]2CC[C@@](C)(C(=O)OC)CC2)cc1C(=O)N[C@@H]1COC[C@@H]1C(=O)N(F)c1ccc(I)c(C(F)(P)P)c1. The minimum atomic E-state index is -1.93. The number of carbonyl (C=O) groups is 3. The summed E-state index contributed by atoms with van der Waals surface area (Å²) in [4.78, 5) is 38.7. The summed E-state index contributed by atoms with van der Waals surface area (Å²) >= 11 is 1.91. The minimum absolute atomic E-state index is 0.0586. The van der Waals surface area contributed by atoms with E-state index in [-0.39, 0.29) is 52.6 Å². The van der Waals surface area contributed by atoms with Crippen molar-refractivity contribution >= 4 is 64.5 Å². The molecule has 1 aliphatic carbocycles. The van der Waals surface area contributed by atoms with E-state index in [4.69, 9.17) is 18.9 Å². The summed E-state index contributed by atoms with van der Waals surface area (Å²) in [6.07, 6.45) is 1.54. The van der Waals surface area contributed by atoms with E-state index >= 15 is 4.48 Å². The summed E-state index contributed by atoms with van der Waals surface area (Å²) in [5, 5.41) is 0.662. The molecule has 0 radical (unpaired) electrons. The number of nitrogens with zero attached hydrogens (tertiary/aromatic N) is 1. The molecule has 1 saturated carbocycles. The van der Waals surface area contributed by atoms with Gasteiger partial charge >= 0.3 is 5.97 Å². The molecule has 0 bridgehead atoms. The van der Waals surface area contributed by atoms with Crippen LogP contribution in [0.3, 0.4) is 0 Å². The molecule has 1 aliphatic heterocycles. The van der Waals surface area contributed by atoms with Crippen LogP contribution in [0.2, 0.25) is 0 Å². The fourth-order valence-corrected chi connectivity index (χ4v) is 7.15. The Morgan fingerprint density at radius 2 is 1.80 bits per heavy atom. The molecule has 1 saturated heterocycles. The average Bonchev–Trinajstić information content (AvgIpc) is 3.45. The van der Waals surface area contributed by atoms with Crippen molar-refractivity contribution in [1.29, 1.82) is 0 Å². The summed E-state index contributed by atoms with van der Waals surface area (Å²) in [6.45, 7) is 1.58. The maximum Gasteiger partial charge on any atom is 0.311 e. The number of amides is 2. The minimum Gasteiger partial charge on any atom is -0.496 e. The van der Waals surface area contributed by atoms with Gasteiger partial charge in [-0.3, -0.25) is 14.4 Å². The van der Waals surface area contributed by atoms with E-state index in [1.165, 1.54) is 38.5 Å². The Kier molecular flexibility index (Phi) is 11.1. The third-order valence-electron chi connectivity index (χ3n) is 8.00. The number of ether oxygens (including phenoxy) is 4. The van der Waals surface area contributed by atoms with Crippen molar-refractivity contribution in [2.24, 2.45) is 11.3 Å². The first-order chi connectivity index (χ1) is 20.7. The molecule has 2 fully saturated rings. The van der Waals surface area contributed by atoms with Gasteiger partial charge in [-0.25, -0.2) is 8.78 Å². The number of rotatable bonds is 9. The molecule has 15 heteroatoms. The predicted molar refractivity (Wildman–Crippen MR) is 171 cm³/mol. The molecule has 2 amide bonds. The Morgan fingerprint density at radius 3 is 2.41 bits per heavy atom. The summed E-state index contributed by atoms with van der Waals surface area (Å²) in [6, 6.07) is 5.39. The van der Waals surface area contributed by atoms with Gasteiger partial charge in [-0.15, -0.1) is 5.12 Å². The smallest absolute Gasteiger partial charge is 0.311 e. The molecule has 44 heavy (non-hydrogen) atoms. The van der Waals surface area contributed by atoms with E-state index in [0.29, 0.717) is 29.3 Å². The molecule has 4 atom stereocenters. The number of nitrogens with one attached hydrogen (secondary N) is 1. The van der Waals surface area contributed by atoms with Crippen LogP contribution in [0.4, 0.5) is 18.9 Å². The molecule has 2 unspecified atom stereocenters. The lowest BCUT2D eigenvalue weighted by atomic mass is 9.75. The Balaban J connectivity index is 1.48. The summed E-state index contributed by atoms with van der Waals surface area (Å²) in [5.74, 6) is -4.08. The highest BCUT2D eigenvalue weighted by atomic mass is 127. The molecule has 2 aromatic rings. The highest BCUT2D eigenvalue weighted by molar-refractivity contribution is 14.1. The highest BCUT2D eigenvalue weighted by Gasteiger charge is 2.41. The second-order valence-electron chi connectivity index (χ2n) is 11.1. The maximum atomic E-state index is 15.3. The normalized spacial score (nSPS) is 23.5. The van der Waals surface area contributed by atoms with E-state index in [1.54, 1.807) is 0 Å². The average molecular weight is 768 g/mol. The topological polar surface area (TPSA) is 103 Å². The number of halogens is 4. The van der Waals surface area contributed by atoms with Crippen molar-refractivity contribution in [1.82, 2.24) is 5.32 Å². The van der Waals surface area contributed by atoms with E-state index in [0.717, 1.165) is 6.07 Å². The number of esters is 1. The van der Waals surface area contributed by atoms with Crippen molar-refractivity contribution in [3.8, 4) is 11.5 Å². The molecule has 1 N–H and O–H groups in total. The quantitative estimate of drug-likeness (QED) is 0.157. The fraction of sp³-hybridized carbons (Fsp3) is 0.483. The monoisotopic (exact) mass is 768 g/mol. The molecular weight excluding hydrogens is 734 g/mol. The number of anilines is 1. The Morgan fingerprint density at radius 1 is 1.11 bits per heavy atom. The standard InChI is InChI=1S/C29H34F3IN2O7P2/c1-28(27(38)40-3)8-6-16(7-9-28)42-24-11-17(23(39-2)12-20(24)30)25(36)34-22-14-41-13-18(22)26(37)35(32)15-4-5-21(33)19(10-15)29(31,43)44/h4-5,10-12,16,18,22H,6-9,13-14,43-44H2,1-3H3,(H,34,36)/t16-,18-,22+,28+/m0/s1. The maximum absolute atomic E-state index is 15.3. The van der Waals surface area contributed by atoms with Crippen LogP contribution in [0.15, 0.2) is 30.3 Å². The molecule has 9 nitrogen and oxygen atoms in total. The van der Waals surface area contributed by atoms with Crippen LogP contribution in [-0.2, 0) is 24.2 Å². The van der Waals surface area contributed by atoms with Crippen molar-refractivity contribution in [3.05, 3.63) is 50.8 Å². The van der Waals surface area contributed by atoms with Gasteiger partial charge in [0.1, 0.15) is 5.75 Å². The van der Waals surface area contributed by atoms with Crippen molar-refractivity contribution in [2.75, 3.05) is 32.6 Å². The van der Waals surface area contributed by atoms with Crippen LogP contribution in [-0.4, -0.2) is 57.4 Å². The van der Waals surface area contributed by atoms with Crippen molar-refractivity contribution in [3.63, 3.8) is 0 Å². The number of alkyl halides is 1.